The molecule has 1 N–H and O–H groups in total. The van der Waals surface area contributed by atoms with Gasteiger partial charge in [-0.3, -0.25) is 19.7 Å². The molecule has 0 aliphatic heterocycles. The number of para-hydroxylation sites is 1. The van der Waals surface area contributed by atoms with Crippen LogP contribution in [0, 0.1) is 10.1 Å². The summed E-state index contributed by atoms with van der Waals surface area (Å²) in [5.74, 6) is -0.877. The van der Waals surface area contributed by atoms with E-state index in [0.717, 1.165) is 28.6 Å². The molecule has 0 saturated heterocycles. The molecule has 0 fully saturated rings. The number of nitro benzene ring substituents is 1. The molecule has 3 aromatic carbocycles. The Morgan fingerprint density at radius 3 is 2.30 bits per heavy atom. The fourth-order valence-corrected chi connectivity index (χ4v) is 4.73. The van der Waals surface area contributed by atoms with Crippen LogP contribution in [0.5, 0.6) is 0 Å². The van der Waals surface area contributed by atoms with Gasteiger partial charge in [-0.1, -0.05) is 30.3 Å². The predicted octanol–water partition coefficient (Wildman–Crippen LogP) is 5.85. The zero-order valence-electron chi connectivity index (χ0n) is 23.5. The summed E-state index contributed by atoms with van der Waals surface area (Å²) < 4.78 is 44.5. The van der Waals surface area contributed by atoms with E-state index in [0.29, 0.717) is 25.0 Å². The number of alkyl halides is 3. The summed E-state index contributed by atoms with van der Waals surface area (Å²) in [6.45, 7) is 0.518. The number of benzene rings is 3. The third kappa shape index (κ3) is 8.19. The first-order valence-electron chi connectivity index (χ1n) is 13.6. The number of ether oxygens (including phenoxy) is 1. The Kier molecular flexibility index (Phi) is 10.1. The second kappa shape index (κ2) is 14.0. The molecule has 0 bridgehead atoms. The van der Waals surface area contributed by atoms with Gasteiger partial charge in [-0.2, -0.15) is 13.2 Å². The van der Waals surface area contributed by atoms with E-state index < -0.39 is 28.5 Å². The number of hydrogen-bond acceptors (Lipinski definition) is 5. The number of fused-ring (bicyclic) bond motifs is 1. The second-order valence-electron chi connectivity index (χ2n) is 10.00. The van der Waals surface area contributed by atoms with Crippen molar-refractivity contribution in [2.75, 3.05) is 33.4 Å². The highest BCUT2D eigenvalue weighted by molar-refractivity contribution is 5.96. The minimum atomic E-state index is -4.48. The lowest BCUT2D eigenvalue weighted by molar-refractivity contribution is -0.384. The number of aromatic amines is 1. The fraction of sp³-hybridized carbons (Fsp3) is 0.290. The van der Waals surface area contributed by atoms with Crippen molar-refractivity contribution in [2.24, 2.45) is 0 Å². The van der Waals surface area contributed by atoms with Crippen molar-refractivity contribution in [1.29, 1.82) is 0 Å². The molecule has 0 saturated carbocycles. The van der Waals surface area contributed by atoms with Gasteiger partial charge in [0.2, 0.25) is 5.91 Å². The molecule has 226 valence electrons. The Balaban J connectivity index is 1.56. The van der Waals surface area contributed by atoms with Crippen LogP contribution in [-0.2, 0) is 28.7 Å². The topological polar surface area (TPSA) is 109 Å². The summed E-state index contributed by atoms with van der Waals surface area (Å²) in [6.07, 6.45) is -1.71. The number of nitro groups is 1. The molecule has 12 heteroatoms. The molecule has 1 heterocycles. The van der Waals surface area contributed by atoms with Crippen molar-refractivity contribution in [1.82, 2.24) is 14.8 Å². The Labute approximate surface area is 246 Å². The quantitative estimate of drug-likeness (QED) is 0.118. The van der Waals surface area contributed by atoms with E-state index in [1.165, 1.54) is 53.3 Å². The molecule has 43 heavy (non-hydrogen) atoms. The summed E-state index contributed by atoms with van der Waals surface area (Å²) in [4.78, 5) is 43.7. The lowest BCUT2D eigenvalue weighted by Gasteiger charge is -2.28. The van der Waals surface area contributed by atoms with Crippen molar-refractivity contribution in [3.63, 3.8) is 0 Å². The molecule has 4 rings (SSSR count). The molecule has 0 radical (unpaired) electrons. The number of non-ortho nitro benzene ring substituents is 1. The van der Waals surface area contributed by atoms with Gasteiger partial charge in [0.1, 0.15) is 6.54 Å². The minimum absolute atomic E-state index is 0.0386. The highest BCUT2D eigenvalue weighted by Crippen LogP contribution is 2.29. The third-order valence-corrected chi connectivity index (χ3v) is 7.05. The number of amides is 2. The van der Waals surface area contributed by atoms with Gasteiger partial charge in [0, 0.05) is 68.1 Å². The Morgan fingerprint density at radius 2 is 1.65 bits per heavy atom. The van der Waals surface area contributed by atoms with Crippen LogP contribution in [-0.4, -0.2) is 64.9 Å². The van der Waals surface area contributed by atoms with E-state index in [9.17, 15) is 32.9 Å². The van der Waals surface area contributed by atoms with Crippen LogP contribution < -0.4 is 0 Å². The van der Waals surface area contributed by atoms with Gasteiger partial charge in [0.05, 0.1) is 10.5 Å². The van der Waals surface area contributed by atoms with Crippen LogP contribution in [0.25, 0.3) is 10.9 Å². The van der Waals surface area contributed by atoms with E-state index in [-0.39, 0.29) is 37.4 Å². The normalized spacial score (nSPS) is 11.4. The number of nitrogens with zero attached hydrogens (tertiary/aromatic N) is 3. The van der Waals surface area contributed by atoms with Gasteiger partial charge < -0.3 is 19.5 Å². The third-order valence-electron chi connectivity index (χ3n) is 7.05. The molecule has 0 aliphatic rings. The SMILES string of the molecule is COCCCN(CC(=O)N(CCc1c[nH]c2ccccc12)Cc1ccc(C(F)(F)F)cc1)C(=O)c1ccc([N+](=O)[O-])cc1. The van der Waals surface area contributed by atoms with Crippen molar-refractivity contribution < 1.29 is 32.4 Å². The number of hydrogen-bond donors (Lipinski definition) is 1. The number of nitrogens with one attached hydrogen (secondary N) is 1. The second-order valence-corrected chi connectivity index (χ2v) is 10.00. The number of rotatable bonds is 13. The highest BCUT2D eigenvalue weighted by atomic mass is 19.4. The van der Waals surface area contributed by atoms with Crippen LogP contribution in [0.3, 0.4) is 0 Å². The minimum Gasteiger partial charge on any atom is -0.385 e. The van der Waals surface area contributed by atoms with Crippen LogP contribution in [0.15, 0.2) is 79.0 Å². The van der Waals surface area contributed by atoms with Gasteiger partial charge in [-0.05, 0) is 54.3 Å². The Morgan fingerprint density at radius 1 is 0.953 bits per heavy atom. The zero-order chi connectivity index (χ0) is 31.0. The highest BCUT2D eigenvalue weighted by Gasteiger charge is 2.30. The van der Waals surface area contributed by atoms with E-state index in [4.69, 9.17) is 4.74 Å². The molecule has 0 spiro atoms. The lowest BCUT2D eigenvalue weighted by atomic mass is 10.1. The van der Waals surface area contributed by atoms with Gasteiger partial charge >= 0.3 is 6.18 Å². The van der Waals surface area contributed by atoms with Gasteiger partial charge in [-0.15, -0.1) is 0 Å². The standard InChI is InChI=1S/C31H31F3N4O5/c1-43-18-4-16-37(30(40)23-9-13-26(14-10-23)38(41)42)21-29(39)36(20-22-7-11-25(12-8-22)31(32,33)34)17-15-24-19-35-28-6-3-2-5-27(24)28/h2-3,5-14,19,35H,4,15-18,20-21H2,1H3. The van der Waals surface area contributed by atoms with Crippen molar-refractivity contribution >= 4 is 28.4 Å². The van der Waals surface area contributed by atoms with E-state index in [1.807, 2.05) is 30.5 Å². The monoisotopic (exact) mass is 596 g/mol. The van der Waals surface area contributed by atoms with E-state index in [2.05, 4.69) is 4.98 Å². The summed E-state index contributed by atoms with van der Waals surface area (Å²) in [5, 5.41) is 12.0. The Bertz CT molecular complexity index is 1550. The molecule has 0 aliphatic carbocycles. The number of aromatic nitrogens is 1. The van der Waals surface area contributed by atoms with Crippen LogP contribution in [0.2, 0.25) is 0 Å². The number of carbonyl (C=O) groups is 2. The fourth-order valence-electron chi connectivity index (χ4n) is 4.73. The maximum Gasteiger partial charge on any atom is 0.416 e. The average molecular weight is 597 g/mol. The number of carbonyl (C=O) groups excluding carboxylic acids is 2. The largest absolute Gasteiger partial charge is 0.416 e. The predicted molar refractivity (Wildman–Crippen MR) is 154 cm³/mol. The Hall–Kier alpha value is -4.71. The van der Waals surface area contributed by atoms with Gasteiger partial charge in [0.25, 0.3) is 11.6 Å². The summed E-state index contributed by atoms with van der Waals surface area (Å²) in [5.41, 5.74) is 1.65. The summed E-state index contributed by atoms with van der Waals surface area (Å²) >= 11 is 0. The maximum atomic E-state index is 13.7. The lowest BCUT2D eigenvalue weighted by Crippen LogP contribution is -2.44. The smallest absolute Gasteiger partial charge is 0.385 e. The number of H-pyrrole nitrogens is 1. The molecular formula is C31H31F3N4O5. The first-order chi connectivity index (χ1) is 20.6. The van der Waals surface area contributed by atoms with Gasteiger partial charge in [-0.25, -0.2) is 0 Å². The number of methoxy groups -OCH3 is 1. The molecular weight excluding hydrogens is 565 g/mol. The van der Waals surface area contributed by atoms with Crippen molar-refractivity contribution in [3.05, 3.63) is 111 Å². The summed E-state index contributed by atoms with van der Waals surface area (Å²) in [7, 11) is 1.52. The molecule has 0 atom stereocenters. The maximum absolute atomic E-state index is 13.7. The van der Waals surface area contributed by atoms with E-state index in [1.54, 1.807) is 0 Å². The average Bonchev–Trinajstić information content (AvgIpc) is 3.41. The first kappa shape index (κ1) is 31.2. The molecule has 0 unspecified atom stereocenters. The van der Waals surface area contributed by atoms with Crippen molar-refractivity contribution in [3.8, 4) is 0 Å². The first-order valence-corrected chi connectivity index (χ1v) is 13.6. The van der Waals surface area contributed by atoms with E-state index >= 15 is 0 Å². The van der Waals surface area contributed by atoms with Crippen LogP contribution in [0.1, 0.15) is 33.5 Å². The molecule has 2 amide bonds. The summed E-state index contributed by atoms with van der Waals surface area (Å²) in [6, 6.07) is 17.5. The zero-order valence-corrected chi connectivity index (χ0v) is 23.5. The van der Waals surface area contributed by atoms with Crippen LogP contribution >= 0.6 is 0 Å². The van der Waals surface area contributed by atoms with Gasteiger partial charge in [0.15, 0.2) is 0 Å². The molecule has 9 nitrogen and oxygen atoms in total. The molecule has 1 aromatic heterocycles. The molecule has 4 aromatic rings. The van der Waals surface area contributed by atoms with Crippen molar-refractivity contribution in [2.45, 2.75) is 25.6 Å². The van der Waals surface area contributed by atoms with Crippen LogP contribution in [0.4, 0.5) is 18.9 Å². The number of halogens is 3.